The number of nitrogens with zero attached hydrogens (tertiary/aromatic N) is 2. The molecule has 1 heterocycles. The molecule has 0 radical (unpaired) electrons. The summed E-state index contributed by atoms with van der Waals surface area (Å²) >= 11 is 0. The predicted molar refractivity (Wildman–Crippen MR) is 82.5 cm³/mol. The molecule has 0 aliphatic heterocycles. The Hall–Kier alpha value is -2.24. The van der Waals surface area contributed by atoms with Crippen LogP contribution in [0.4, 0.5) is 0 Å². The Labute approximate surface area is 128 Å². The first-order valence-electron chi connectivity index (χ1n) is 7.20. The van der Waals surface area contributed by atoms with Crippen LogP contribution >= 0.6 is 0 Å². The third kappa shape index (κ3) is 2.73. The molecule has 0 spiro atoms. The minimum atomic E-state index is -0.977. The highest BCUT2D eigenvalue weighted by Gasteiger charge is 2.24. The number of aryl methyl sites for hydroxylation is 1. The largest absolute Gasteiger partial charge is 0.399 e. The van der Waals surface area contributed by atoms with Crippen LogP contribution in [-0.2, 0) is 11.3 Å². The molecule has 22 heavy (non-hydrogen) atoms. The van der Waals surface area contributed by atoms with Crippen molar-refractivity contribution in [2.75, 3.05) is 7.11 Å². The van der Waals surface area contributed by atoms with Crippen LogP contribution in [0.2, 0.25) is 0 Å². The van der Waals surface area contributed by atoms with Crippen LogP contribution in [0, 0.1) is 0 Å². The molecule has 1 aromatic carbocycles. The third-order valence-electron chi connectivity index (χ3n) is 3.96. The lowest BCUT2D eigenvalue weighted by Crippen LogP contribution is -2.11. The van der Waals surface area contributed by atoms with Crippen molar-refractivity contribution in [1.29, 1.82) is 0 Å². The number of rotatable bonds is 4. The van der Waals surface area contributed by atoms with Crippen molar-refractivity contribution in [2.24, 2.45) is 5.16 Å². The second kappa shape index (κ2) is 6.25. The van der Waals surface area contributed by atoms with Crippen molar-refractivity contribution in [1.82, 2.24) is 4.98 Å². The second-order valence-electron chi connectivity index (χ2n) is 5.31. The fourth-order valence-corrected chi connectivity index (χ4v) is 2.80. The van der Waals surface area contributed by atoms with Gasteiger partial charge in [0.05, 0.1) is 5.71 Å². The summed E-state index contributed by atoms with van der Waals surface area (Å²) < 4.78 is 0. The number of pyridine rings is 1. The van der Waals surface area contributed by atoms with Crippen molar-refractivity contribution in [3.05, 3.63) is 65.0 Å². The Balaban J connectivity index is 1.86. The zero-order valence-electron chi connectivity index (χ0n) is 12.3. The Morgan fingerprint density at radius 1 is 1.05 bits per heavy atom. The number of aliphatic hydroxyl groups is 2. The highest BCUT2D eigenvalue weighted by molar-refractivity contribution is 6.04. The standard InChI is InChI=1S/C17H18N2O3/c1-22-19-15-5-3-12-10-13(2-4-14(12)15)17(21)16(20)11-6-8-18-9-7-11/h2,4,6-10,16-17,20-21H,3,5H2,1H3/b19-15-. The molecule has 5 nitrogen and oxygen atoms in total. The maximum absolute atomic E-state index is 10.4. The maximum atomic E-state index is 10.4. The van der Waals surface area contributed by atoms with E-state index in [0.717, 1.165) is 29.7 Å². The average molecular weight is 298 g/mol. The van der Waals surface area contributed by atoms with Crippen molar-refractivity contribution >= 4 is 5.71 Å². The molecule has 0 saturated carbocycles. The lowest BCUT2D eigenvalue weighted by Gasteiger charge is -2.19. The topological polar surface area (TPSA) is 74.9 Å². The van der Waals surface area contributed by atoms with E-state index in [2.05, 4.69) is 10.1 Å². The van der Waals surface area contributed by atoms with Crippen LogP contribution in [0.25, 0.3) is 0 Å². The van der Waals surface area contributed by atoms with E-state index in [4.69, 9.17) is 4.84 Å². The van der Waals surface area contributed by atoms with E-state index in [1.807, 2.05) is 18.2 Å². The summed E-state index contributed by atoms with van der Waals surface area (Å²) in [5.74, 6) is 0. The zero-order valence-corrected chi connectivity index (χ0v) is 12.3. The average Bonchev–Trinajstić information content (AvgIpc) is 2.97. The molecule has 1 aromatic heterocycles. The quantitative estimate of drug-likeness (QED) is 0.848. The summed E-state index contributed by atoms with van der Waals surface area (Å²) in [5.41, 5.74) is 4.44. The number of aromatic nitrogens is 1. The molecule has 3 rings (SSSR count). The van der Waals surface area contributed by atoms with Crippen molar-refractivity contribution in [3.63, 3.8) is 0 Å². The fraction of sp³-hybridized carbons (Fsp3) is 0.294. The normalized spacial score (nSPS) is 18.0. The van der Waals surface area contributed by atoms with Gasteiger partial charge in [0.1, 0.15) is 19.3 Å². The maximum Gasteiger partial charge on any atom is 0.109 e. The van der Waals surface area contributed by atoms with Crippen molar-refractivity contribution < 1.29 is 15.1 Å². The van der Waals surface area contributed by atoms with Crippen LogP contribution in [0.1, 0.15) is 40.9 Å². The van der Waals surface area contributed by atoms with E-state index in [1.165, 1.54) is 7.11 Å². The van der Waals surface area contributed by atoms with Gasteiger partial charge in [-0.1, -0.05) is 23.4 Å². The van der Waals surface area contributed by atoms with Gasteiger partial charge in [0, 0.05) is 18.0 Å². The minimum Gasteiger partial charge on any atom is -0.399 e. The van der Waals surface area contributed by atoms with Crippen LogP contribution in [0.3, 0.4) is 0 Å². The SMILES string of the molecule is CO/N=C1/CCc2cc(C(O)C(O)c3ccncc3)ccc21. The summed E-state index contributed by atoms with van der Waals surface area (Å²) in [7, 11) is 1.54. The summed E-state index contributed by atoms with van der Waals surface area (Å²) in [6.07, 6.45) is 2.94. The van der Waals surface area contributed by atoms with Gasteiger partial charge < -0.3 is 15.1 Å². The molecule has 1 aliphatic rings. The highest BCUT2D eigenvalue weighted by Crippen LogP contribution is 2.32. The summed E-state index contributed by atoms with van der Waals surface area (Å²) in [5, 5.41) is 24.7. The molecule has 0 fully saturated rings. The molecule has 2 N–H and O–H groups in total. The molecular formula is C17H18N2O3. The summed E-state index contributed by atoms with van der Waals surface area (Å²) in [4.78, 5) is 8.76. The third-order valence-corrected chi connectivity index (χ3v) is 3.96. The molecule has 2 atom stereocenters. The Morgan fingerprint density at radius 2 is 1.77 bits per heavy atom. The van der Waals surface area contributed by atoms with Crippen LogP contribution in [0.5, 0.6) is 0 Å². The van der Waals surface area contributed by atoms with Gasteiger partial charge >= 0.3 is 0 Å². The van der Waals surface area contributed by atoms with Gasteiger partial charge in [-0.2, -0.15) is 0 Å². The molecule has 0 amide bonds. The molecule has 2 aromatic rings. The number of benzene rings is 1. The highest BCUT2D eigenvalue weighted by atomic mass is 16.6. The minimum absolute atomic E-state index is 0.643. The van der Waals surface area contributed by atoms with E-state index in [9.17, 15) is 10.2 Å². The second-order valence-corrected chi connectivity index (χ2v) is 5.31. The molecular weight excluding hydrogens is 280 g/mol. The molecule has 0 bridgehead atoms. The van der Waals surface area contributed by atoms with Crippen LogP contribution in [0.15, 0.2) is 47.9 Å². The molecule has 114 valence electrons. The van der Waals surface area contributed by atoms with Gasteiger partial charge in [-0.05, 0) is 41.7 Å². The Morgan fingerprint density at radius 3 is 2.50 bits per heavy atom. The van der Waals surface area contributed by atoms with Gasteiger partial charge in [0.15, 0.2) is 0 Å². The van der Waals surface area contributed by atoms with Crippen molar-refractivity contribution in [2.45, 2.75) is 25.0 Å². The molecule has 1 aliphatic carbocycles. The van der Waals surface area contributed by atoms with E-state index in [1.54, 1.807) is 24.5 Å². The first kappa shape index (κ1) is 14.7. The van der Waals surface area contributed by atoms with Gasteiger partial charge in [-0.3, -0.25) is 4.98 Å². The van der Waals surface area contributed by atoms with Crippen LogP contribution < -0.4 is 0 Å². The monoisotopic (exact) mass is 298 g/mol. The number of aliphatic hydroxyl groups excluding tert-OH is 2. The van der Waals surface area contributed by atoms with Crippen LogP contribution in [-0.4, -0.2) is 28.0 Å². The molecule has 0 saturated heterocycles. The van der Waals surface area contributed by atoms with Gasteiger partial charge in [-0.25, -0.2) is 0 Å². The smallest absolute Gasteiger partial charge is 0.109 e. The predicted octanol–water partition coefficient (Wildman–Crippen LogP) is 2.15. The Kier molecular flexibility index (Phi) is 4.18. The zero-order chi connectivity index (χ0) is 15.5. The lowest BCUT2D eigenvalue weighted by atomic mass is 9.96. The molecule has 2 unspecified atom stereocenters. The van der Waals surface area contributed by atoms with E-state index in [0.29, 0.717) is 11.1 Å². The number of hydrogen-bond donors (Lipinski definition) is 2. The Bertz CT molecular complexity index is 686. The first-order chi connectivity index (χ1) is 10.7. The van der Waals surface area contributed by atoms with E-state index >= 15 is 0 Å². The van der Waals surface area contributed by atoms with E-state index in [-0.39, 0.29) is 0 Å². The van der Waals surface area contributed by atoms with Gasteiger partial charge in [0.25, 0.3) is 0 Å². The number of oxime groups is 1. The first-order valence-corrected chi connectivity index (χ1v) is 7.20. The fourth-order valence-electron chi connectivity index (χ4n) is 2.80. The lowest BCUT2D eigenvalue weighted by molar-refractivity contribution is 0.0171. The van der Waals surface area contributed by atoms with Gasteiger partial charge in [0.2, 0.25) is 0 Å². The van der Waals surface area contributed by atoms with E-state index < -0.39 is 12.2 Å². The summed E-state index contributed by atoms with van der Waals surface area (Å²) in [6, 6.07) is 9.08. The number of fused-ring (bicyclic) bond motifs is 1. The van der Waals surface area contributed by atoms with Crippen molar-refractivity contribution in [3.8, 4) is 0 Å². The molecule has 5 heteroatoms. The summed E-state index contributed by atoms with van der Waals surface area (Å²) in [6.45, 7) is 0. The van der Waals surface area contributed by atoms with Gasteiger partial charge in [-0.15, -0.1) is 0 Å². The number of hydrogen-bond acceptors (Lipinski definition) is 5.